The van der Waals surface area contributed by atoms with Crippen LogP contribution in [0.2, 0.25) is 5.02 Å². The SMILES string of the molecule is Cc1cc(Cl)c(F)c(C(=O)Cc2ccc(C)c(C#Cc3nn(C4CCN(C)CC4)c4ncnc(N)c34)c2)c1. The average Bonchev–Trinajstić information content (AvgIpc) is 3.26. The molecule has 38 heavy (non-hydrogen) atoms. The Morgan fingerprint density at radius 3 is 2.68 bits per heavy atom. The summed E-state index contributed by atoms with van der Waals surface area (Å²) in [6, 6.07) is 8.85. The van der Waals surface area contributed by atoms with E-state index in [0.29, 0.717) is 22.5 Å². The van der Waals surface area contributed by atoms with Gasteiger partial charge in [0.25, 0.3) is 0 Å². The topological polar surface area (TPSA) is 89.9 Å². The summed E-state index contributed by atoms with van der Waals surface area (Å²) in [6.45, 7) is 5.69. The van der Waals surface area contributed by atoms with Crippen molar-refractivity contribution in [2.75, 3.05) is 25.9 Å². The minimum absolute atomic E-state index is 0.00963. The van der Waals surface area contributed by atoms with Gasteiger partial charge in [0.2, 0.25) is 0 Å². The summed E-state index contributed by atoms with van der Waals surface area (Å²) >= 11 is 5.95. The summed E-state index contributed by atoms with van der Waals surface area (Å²) in [5.74, 6) is 5.68. The molecule has 0 unspecified atom stereocenters. The molecule has 0 saturated carbocycles. The Morgan fingerprint density at radius 1 is 1.16 bits per heavy atom. The van der Waals surface area contributed by atoms with Crippen molar-refractivity contribution in [3.05, 3.63) is 81.0 Å². The van der Waals surface area contributed by atoms with Gasteiger partial charge in [0, 0.05) is 12.0 Å². The van der Waals surface area contributed by atoms with E-state index in [1.807, 2.05) is 29.8 Å². The fraction of sp³-hybridized carbons (Fsp3) is 0.310. The average molecular weight is 531 g/mol. The molecule has 3 heterocycles. The number of rotatable bonds is 4. The molecular weight excluding hydrogens is 503 g/mol. The fourth-order valence-corrected chi connectivity index (χ4v) is 5.10. The van der Waals surface area contributed by atoms with Crippen molar-refractivity contribution in [1.29, 1.82) is 0 Å². The van der Waals surface area contributed by atoms with Crippen molar-refractivity contribution in [2.45, 2.75) is 39.2 Å². The number of aryl methyl sites for hydroxylation is 2. The van der Waals surface area contributed by atoms with Gasteiger partial charge in [-0.05, 0) is 87.6 Å². The molecule has 2 aromatic carbocycles. The van der Waals surface area contributed by atoms with Gasteiger partial charge in [-0.1, -0.05) is 29.7 Å². The van der Waals surface area contributed by atoms with Gasteiger partial charge in [0.15, 0.2) is 17.2 Å². The largest absolute Gasteiger partial charge is 0.383 e. The monoisotopic (exact) mass is 530 g/mol. The second-order valence-electron chi connectivity index (χ2n) is 9.89. The van der Waals surface area contributed by atoms with Gasteiger partial charge >= 0.3 is 0 Å². The summed E-state index contributed by atoms with van der Waals surface area (Å²) in [4.78, 5) is 23.8. The molecular formula is C29H28ClFN6O. The molecule has 1 fully saturated rings. The van der Waals surface area contributed by atoms with Crippen LogP contribution >= 0.6 is 11.6 Å². The van der Waals surface area contributed by atoms with Crippen molar-refractivity contribution in [1.82, 2.24) is 24.6 Å². The Balaban J connectivity index is 1.47. The summed E-state index contributed by atoms with van der Waals surface area (Å²) in [5, 5.41) is 5.41. The van der Waals surface area contributed by atoms with Crippen LogP contribution in [0, 0.1) is 31.5 Å². The summed E-state index contributed by atoms with van der Waals surface area (Å²) in [5.41, 5.74) is 10.6. The maximum atomic E-state index is 14.5. The normalized spacial score (nSPS) is 14.4. The third-order valence-corrected chi connectivity index (χ3v) is 7.28. The number of hydrogen-bond donors (Lipinski definition) is 1. The van der Waals surface area contributed by atoms with E-state index in [1.54, 1.807) is 6.92 Å². The first-order valence-electron chi connectivity index (χ1n) is 12.5. The minimum Gasteiger partial charge on any atom is -0.383 e. The molecule has 7 nitrogen and oxygen atoms in total. The van der Waals surface area contributed by atoms with Crippen LogP contribution in [-0.2, 0) is 6.42 Å². The Kier molecular flexibility index (Phi) is 7.15. The summed E-state index contributed by atoms with van der Waals surface area (Å²) < 4.78 is 16.4. The van der Waals surface area contributed by atoms with E-state index < -0.39 is 5.82 Å². The smallest absolute Gasteiger partial charge is 0.170 e. The lowest BCUT2D eigenvalue weighted by Gasteiger charge is -2.29. The number of piperidine rings is 1. The molecule has 194 valence electrons. The number of Topliss-reactive ketones (excluding diaryl/α,β-unsaturated/α-hetero) is 1. The zero-order valence-corrected chi connectivity index (χ0v) is 22.3. The molecule has 1 saturated heterocycles. The Morgan fingerprint density at radius 2 is 1.92 bits per heavy atom. The number of nitrogen functional groups attached to an aromatic ring is 1. The van der Waals surface area contributed by atoms with Crippen LogP contribution in [0.5, 0.6) is 0 Å². The molecule has 0 radical (unpaired) electrons. The van der Waals surface area contributed by atoms with Crippen LogP contribution in [0.4, 0.5) is 10.2 Å². The molecule has 4 aromatic rings. The number of hydrogen-bond acceptors (Lipinski definition) is 6. The van der Waals surface area contributed by atoms with E-state index in [0.717, 1.165) is 48.2 Å². The first kappa shape index (κ1) is 25.8. The number of likely N-dealkylation sites (tertiary alicyclic amines) is 1. The van der Waals surface area contributed by atoms with Crippen LogP contribution in [0.25, 0.3) is 11.0 Å². The number of carbonyl (C=O) groups excluding carboxylic acids is 1. The molecule has 0 aliphatic carbocycles. The zero-order chi connectivity index (χ0) is 27.0. The second kappa shape index (κ2) is 10.5. The number of aromatic nitrogens is 4. The molecule has 2 N–H and O–H groups in total. The van der Waals surface area contributed by atoms with Crippen LogP contribution in [0.3, 0.4) is 0 Å². The van der Waals surface area contributed by atoms with Crippen molar-refractivity contribution in [3.63, 3.8) is 0 Å². The summed E-state index contributed by atoms with van der Waals surface area (Å²) in [7, 11) is 2.12. The van der Waals surface area contributed by atoms with Crippen molar-refractivity contribution in [2.24, 2.45) is 0 Å². The predicted molar refractivity (Wildman–Crippen MR) is 147 cm³/mol. The van der Waals surface area contributed by atoms with Gasteiger partial charge in [-0.3, -0.25) is 4.79 Å². The quantitative estimate of drug-likeness (QED) is 0.298. The molecule has 9 heteroatoms. The van der Waals surface area contributed by atoms with Gasteiger partial charge in [-0.2, -0.15) is 5.10 Å². The number of fused-ring (bicyclic) bond motifs is 1. The van der Waals surface area contributed by atoms with Crippen molar-refractivity contribution < 1.29 is 9.18 Å². The molecule has 0 amide bonds. The van der Waals surface area contributed by atoms with E-state index in [1.165, 1.54) is 18.5 Å². The molecule has 0 atom stereocenters. The standard InChI is InChI=1S/C29H28ClFN6O/c1-17-12-22(27(31)23(30)13-17)25(38)15-19-5-4-18(2)20(14-19)6-7-24-26-28(32)33-16-34-29(26)37(35-24)21-8-10-36(3)11-9-21/h4-5,12-14,16,21H,8-11,15H2,1-3H3,(H2,32,33,34). The minimum atomic E-state index is -0.693. The third-order valence-electron chi connectivity index (χ3n) is 7.01. The van der Waals surface area contributed by atoms with E-state index in [4.69, 9.17) is 22.4 Å². The van der Waals surface area contributed by atoms with Gasteiger partial charge in [0.05, 0.1) is 22.0 Å². The highest BCUT2D eigenvalue weighted by Crippen LogP contribution is 2.29. The number of anilines is 1. The number of carbonyl (C=O) groups is 1. The van der Waals surface area contributed by atoms with Crippen molar-refractivity contribution in [3.8, 4) is 11.8 Å². The van der Waals surface area contributed by atoms with E-state index in [-0.39, 0.29) is 28.8 Å². The van der Waals surface area contributed by atoms with Crippen molar-refractivity contribution >= 4 is 34.2 Å². The highest BCUT2D eigenvalue weighted by Gasteiger charge is 2.24. The lowest BCUT2D eigenvalue weighted by atomic mass is 9.98. The first-order valence-corrected chi connectivity index (χ1v) is 12.9. The third kappa shape index (κ3) is 5.13. The van der Waals surface area contributed by atoms with E-state index in [2.05, 4.69) is 33.8 Å². The lowest BCUT2D eigenvalue weighted by Crippen LogP contribution is -2.32. The van der Waals surface area contributed by atoms with E-state index in [9.17, 15) is 9.18 Å². The highest BCUT2D eigenvalue weighted by molar-refractivity contribution is 6.31. The van der Waals surface area contributed by atoms with Gasteiger partial charge in [0.1, 0.15) is 17.8 Å². The van der Waals surface area contributed by atoms with Crippen LogP contribution in [0.1, 0.15) is 57.2 Å². The Hall–Kier alpha value is -3.80. The number of nitrogens with zero attached hydrogens (tertiary/aromatic N) is 5. The molecule has 2 aromatic heterocycles. The van der Waals surface area contributed by atoms with Gasteiger partial charge in [-0.25, -0.2) is 19.0 Å². The first-order chi connectivity index (χ1) is 18.2. The summed E-state index contributed by atoms with van der Waals surface area (Å²) in [6.07, 6.45) is 3.41. The van der Waals surface area contributed by atoms with Gasteiger partial charge in [-0.15, -0.1) is 0 Å². The van der Waals surface area contributed by atoms with Crippen LogP contribution in [0.15, 0.2) is 36.7 Å². The number of halogens is 2. The fourth-order valence-electron chi connectivity index (χ4n) is 4.83. The van der Waals surface area contributed by atoms with Crippen LogP contribution in [-0.4, -0.2) is 50.6 Å². The number of ketones is 1. The van der Waals surface area contributed by atoms with Gasteiger partial charge < -0.3 is 10.6 Å². The Labute approximate surface area is 225 Å². The molecule has 0 bridgehead atoms. The predicted octanol–water partition coefficient (Wildman–Crippen LogP) is 4.91. The molecule has 5 rings (SSSR count). The molecule has 1 aliphatic heterocycles. The second-order valence-corrected chi connectivity index (χ2v) is 10.3. The zero-order valence-electron chi connectivity index (χ0n) is 21.6. The number of nitrogens with two attached hydrogens (primary N) is 1. The van der Waals surface area contributed by atoms with E-state index >= 15 is 0 Å². The Bertz CT molecular complexity index is 1610. The molecule has 0 spiro atoms. The molecule has 1 aliphatic rings. The highest BCUT2D eigenvalue weighted by atomic mass is 35.5. The number of benzene rings is 2. The maximum Gasteiger partial charge on any atom is 0.170 e. The lowest BCUT2D eigenvalue weighted by molar-refractivity contribution is 0.0989. The maximum absolute atomic E-state index is 14.5. The van der Waals surface area contributed by atoms with Crippen LogP contribution < -0.4 is 5.73 Å².